The van der Waals surface area contributed by atoms with Crippen molar-refractivity contribution in [1.29, 1.82) is 0 Å². The zero-order chi connectivity index (χ0) is 6.62. The lowest BCUT2D eigenvalue weighted by atomic mass is 10.7. The third kappa shape index (κ3) is 5.61. The molecule has 0 fully saturated rings. The highest BCUT2D eigenvalue weighted by Crippen LogP contribution is 1.67. The SMILES string of the molecule is C=CCNS([NH])(=O)=O. The fourth-order valence-electron chi connectivity index (χ4n) is 0.169. The van der Waals surface area contributed by atoms with E-state index in [1.165, 1.54) is 6.08 Å². The maximum absolute atomic E-state index is 9.90. The second kappa shape index (κ2) is 2.81. The second-order valence-electron chi connectivity index (χ2n) is 1.14. The van der Waals surface area contributed by atoms with Crippen molar-refractivity contribution in [2.45, 2.75) is 0 Å². The maximum Gasteiger partial charge on any atom is 0.290 e. The highest BCUT2D eigenvalue weighted by molar-refractivity contribution is 7.86. The largest absolute Gasteiger partial charge is 0.290 e. The molecule has 8 heavy (non-hydrogen) atoms. The number of rotatable bonds is 3. The lowest BCUT2D eigenvalue weighted by Gasteiger charge is -1.91. The zero-order valence-corrected chi connectivity index (χ0v) is 5.03. The summed E-state index contributed by atoms with van der Waals surface area (Å²) in [4.78, 5) is 0. The Balaban J connectivity index is 3.57. The molecule has 0 saturated heterocycles. The fourth-order valence-corrected chi connectivity index (χ4v) is 0.506. The Bertz CT molecular complexity index is 160. The molecule has 0 spiro atoms. The Kier molecular flexibility index (Phi) is 2.67. The summed E-state index contributed by atoms with van der Waals surface area (Å²) in [5.74, 6) is 0. The standard InChI is InChI=1S/C3H7N2O2S/c1-2-3-5-8(4,6)7/h2,4-5H,1,3H2. The lowest BCUT2D eigenvalue weighted by molar-refractivity contribution is 0.586. The molecule has 0 atom stereocenters. The van der Waals surface area contributed by atoms with Crippen LogP contribution >= 0.6 is 0 Å². The minimum absolute atomic E-state index is 0.117. The van der Waals surface area contributed by atoms with E-state index in [0.29, 0.717) is 0 Å². The van der Waals surface area contributed by atoms with Crippen LogP contribution in [-0.4, -0.2) is 15.0 Å². The van der Waals surface area contributed by atoms with E-state index < -0.39 is 10.2 Å². The van der Waals surface area contributed by atoms with Gasteiger partial charge in [-0.2, -0.15) is 13.1 Å². The van der Waals surface area contributed by atoms with Gasteiger partial charge >= 0.3 is 0 Å². The number of hydrogen-bond acceptors (Lipinski definition) is 2. The molecular formula is C3H7N2O2S. The van der Waals surface area contributed by atoms with Crippen LogP contribution in [-0.2, 0) is 10.2 Å². The van der Waals surface area contributed by atoms with Crippen molar-refractivity contribution >= 4 is 10.2 Å². The first-order valence-electron chi connectivity index (χ1n) is 1.91. The Morgan fingerprint density at radius 2 is 2.25 bits per heavy atom. The van der Waals surface area contributed by atoms with Crippen LogP contribution < -0.4 is 9.86 Å². The maximum atomic E-state index is 9.90. The molecule has 0 unspecified atom stereocenters. The summed E-state index contributed by atoms with van der Waals surface area (Å²) >= 11 is 0. The average Bonchev–Trinajstić information content (AvgIpc) is 1.59. The summed E-state index contributed by atoms with van der Waals surface area (Å²) < 4.78 is 21.7. The van der Waals surface area contributed by atoms with Crippen LogP contribution in [0.5, 0.6) is 0 Å². The van der Waals surface area contributed by atoms with Crippen molar-refractivity contribution in [1.82, 2.24) is 9.86 Å². The Labute approximate surface area is 48.6 Å². The Morgan fingerprint density at radius 1 is 1.75 bits per heavy atom. The minimum atomic E-state index is -3.76. The fraction of sp³-hybridized carbons (Fsp3) is 0.333. The third-order valence-corrected chi connectivity index (χ3v) is 0.964. The minimum Gasteiger partial charge on any atom is -0.197 e. The van der Waals surface area contributed by atoms with Crippen LogP contribution in [0.15, 0.2) is 12.7 Å². The average molecular weight is 135 g/mol. The summed E-state index contributed by atoms with van der Waals surface area (Å²) in [6.45, 7) is 3.37. The van der Waals surface area contributed by atoms with Crippen LogP contribution in [0.1, 0.15) is 0 Å². The molecule has 0 heterocycles. The molecule has 0 aliphatic rings. The van der Waals surface area contributed by atoms with E-state index in [4.69, 9.17) is 5.14 Å². The molecule has 0 aromatic rings. The van der Waals surface area contributed by atoms with Gasteiger partial charge in [-0.3, -0.25) is 0 Å². The van der Waals surface area contributed by atoms with Crippen molar-refractivity contribution in [2.24, 2.45) is 0 Å². The van der Waals surface area contributed by atoms with E-state index in [-0.39, 0.29) is 6.54 Å². The van der Waals surface area contributed by atoms with Gasteiger partial charge in [-0.05, 0) is 0 Å². The molecule has 0 bridgehead atoms. The van der Waals surface area contributed by atoms with Crippen molar-refractivity contribution in [2.75, 3.05) is 6.54 Å². The van der Waals surface area contributed by atoms with Crippen LogP contribution in [0, 0.1) is 0 Å². The van der Waals surface area contributed by atoms with Gasteiger partial charge in [-0.15, -0.1) is 11.7 Å². The van der Waals surface area contributed by atoms with Gasteiger partial charge in [0.2, 0.25) is 0 Å². The quantitative estimate of drug-likeness (QED) is 0.519. The van der Waals surface area contributed by atoms with Gasteiger partial charge in [0.1, 0.15) is 0 Å². The predicted molar refractivity (Wildman–Crippen MR) is 30.2 cm³/mol. The molecule has 0 aromatic carbocycles. The highest BCUT2D eigenvalue weighted by Gasteiger charge is 1.95. The molecule has 0 aromatic heterocycles. The first kappa shape index (κ1) is 7.61. The van der Waals surface area contributed by atoms with E-state index >= 15 is 0 Å². The molecule has 47 valence electrons. The van der Waals surface area contributed by atoms with Gasteiger partial charge in [0.05, 0.1) is 0 Å². The van der Waals surface area contributed by atoms with Gasteiger partial charge in [0, 0.05) is 6.54 Å². The third-order valence-electron chi connectivity index (χ3n) is 0.418. The van der Waals surface area contributed by atoms with E-state index in [9.17, 15) is 8.42 Å². The molecular weight excluding hydrogens is 128 g/mol. The lowest BCUT2D eigenvalue weighted by Crippen LogP contribution is -2.23. The summed E-state index contributed by atoms with van der Waals surface area (Å²) in [5, 5.41) is 6.25. The summed E-state index contributed by atoms with van der Waals surface area (Å²) in [6, 6.07) is 0. The van der Waals surface area contributed by atoms with E-state index in [0.717, 1.165) is 0 Å². The van der Waals surface area contributed by atoms with Gasteiger partial charge < -0.3 is 0 Å². The normalized spacial score (nSPS) is 11.1. The van der Waals surface area contributed by atoms with Gasteiger partial charge in [0.15, 0.2) is 0 Å². The van der Waals surface area contributed by atoms with Gasteiger partial charge in [-0.25, -0.2) is 0 Å². The Hall–Kier alpha value is -0.390. The molecule has 1 radical (unpaired) electrons. The summed E-state index contributed by atoms with van der Waals surface area (Å²) in [6.07, 6.45) is 1.37. The van der Waals surface area contributed by atoms with Crippen molar-refractivity contribution < 1.29 is 8.42 Å². The topological polar surface area (TPSA) is 70.0 Å². The number of hydrogen-bond donors (Lipinski definition) is 1. The van der Waals surface area contributed by atoms with Crippen molar-refractivity contribution in [3.63, 3.8) is 0 Å². The van der Waals surface area contributed by atoms with Crippen LogP contribution in [0.3, 0.4) is 0 Å². The zero-order valence-electron chi connectivity index (χ0n) is 4.22. The summed E-state index contributed by atoms with van der Waals surface area (Å²) in [7, 11) is -3.76. The monoisotopic (exact) mass is 135 g/mol. The second-order valence-corrected chi connectivity index (χ2v) is 2.44. The predicted octanol–water partition coefficient (Wildman–Crippen LogP) is -0.710. The van der Waals surface area contributed by atoms with E-state index in [2.05, 4.69) is 6.58 Å². The molecule has 0 aliphatic heterocycles. The molecule has 0 rings (SSSR count). The van der Waals surface area contributed by atoms with E-state index in [1.54, 1.807) is 0 Å². The van der Waals surface area contributed by atoms with Gasteiger partial charge in [0.25, 0.3) is 10.2 Å². The molecule has 0 amide bonds. The molecule has 5 heteroatoms. The molecule has 0 saturated carbocycles. The van der Waals surface area contributed by atoms with Crippen molar-refractivity contribution in [3.05, 3.63) is 12.7 Å². The Morgan fingerprint density at radius 3 is 2.38 bits per heavy atom. The smallest absolute Gasteiger partial charge is 0.197 e. The first-order valence-corrected chi connectivity index (χ1v) is 3.39. The van der Waals surface area contributed by atoms with Crippen molar-refractivity contribution in [3.8, 4) is 0 Å². The van der Waals surface area contributed by atoms with Gasteiger partial charge in [-0.1, -0.05) is 6.08 Å². The summed E-state index contributed by atoms with van der Waals surface area (Å²) in [5.41, 5.74) is 0. The molecule has 0 aliphatic carbocycles. The molecule has 4 nitrogen and oxygen atoms in total. The van der Waals surface area contributed by atoms with Crippen LogP contribution in [0.2, 0.25) is 0 Å². The highest BCUT2D eigenvalue weighted by atomic mass is 32.2. The number of nitrogens with one attached hydrogen (secondary N) is 2. The van der Waals surface area contributed by atoms with Crippen LogP contribution in [0.4, 0.5) is 0 Å². The first-order chi connectivity index (χ1) is 3.56. The molecule has 2 N–H and O–H groups in total. The van der Waals surface area contributed by atoms with Crippen LogP contribution in [0.25, 0.3) is 0 Å². The van der Waals surface area contributed by atoms with E-state index in [1.807, 2.05) is 4.72 Å².